The van der Waals surface area contributed by atoms with Gasteiger partial charge in [-0.1, -0.05) is 18.3 Å². The number of thiocarbonyl (C=S) groups is 1. The third kappa shape index (κ3) is 3.48. The van der Waals surface area contributed by atoms with E-state index in [2.05, 4.69) is 34.4 Å². The van der Waals surface area contributed by atoms with Crippen LogP contribution < -0.4 is 10.6 Å². The van der Waals surface area contributed by atoms with Crippen molar-refractivity contribution in [3.63, 3.8) is 0 Å². The minimum Gasteiger partial charge on any atom is -0.388 e. The van der Waals surface area contributed by atoms with Gasteiger partial charge in [-0.25, -0.2) is 9.97 Å². The van der Waals surface area contributed by atoms with Crippen molar-refractivity contribution >= 4 is 34.5 Å². The lowest BCUT2D eigenvalue weighted by atomic mass is 10.2. The summed E-state index contributed by atoms with van der Waals surface area (Å²) in [4.78, 5) is 12.3. The maximum atomic E-state index is 5.59. The van der Waals surface area contributed by atoms with Gasteiger partial charge >= 0.3 is 0 Å². The van der Waals surface area contributed by atoms with Gasteiger partial charge in [0.05, 0.1) is 0 Å². The fourth-order valence-electron chi connectivity index (χ4n) is 1.71. The van der Waals surface area contributed by atoms with Crippen LogP contribution in [0.2, 0.25) is 0 Å². The highest BCUT2D eigenvalue weighted by molar-refractivity contribution is 7.80. The number of nitrogens with zero attached hydrogens (tertiary/aromatic N) is 3. The molecule has 19 heavy (non-hydrogen) atoms. The number of anilines is 1. The molecule has 0 aliphatic heterocycles. The first kappa shape index (κ1) is 13.9. The number of nitrogens with two attached hydrogens (primary N) is 1. The Morgan fingerprint density at radius 3 is 2.95 bits per heavy atom. The number of likely N-dealkylation sites (N-methyl/N-ethyl adjacent to an activating group) is 1. The molecule has 0 aliphatic rings. The molecule has 0 aromatic carbocycles. The lowest BCUT2D eigenvalue weighted by Crippen LogP contribution is -2.32. The first-order chi connectivity index (χ1) is 9.08. The highest BCUT2D eigenvalue weighted by Crippen LogP contribution is 2.16. The van der Waals surface area contributed by atoms with E-state index in [0.29, 0.717) is 22.7 Å². The Hall–Kier alpha value is -1.53. The van der Waals surface area contributed by atoms with E-state index in [1.807, 2.05) is 11.9 Å². The lowest BCUT2D eigenvalue weighted by molar-refractivity contribution is 0.670. The molecule has 2 rings (SSSR count). The summed E-state index contributed by atoms with van der Waals surface area (Å²) in [6.07, 6.45) is 2.65. The third-order valence-electron chi connectivity index (χ3n) is 2.95. The molecule has 1 unspecified atom stereocenters. The van der Waals surface area contributed by atoms with Gasteiger partial charge in [0, 0.05) is 30.6 Å². The van der Waals surface area contributed by atoms with Crippen molar-refractivity contribution in [1.29, 1.82) is 0 Å². The second-order valence-electron chi connectivity index (χ2n) is 4.35. The van der Waals surface area contributed by atoms with Gasteiger partial charge < -0.3 is 10.6 Å². The summed E-state index contributed by atoms with van der Waals surface area (Å²) in [6.45, 7) is 2.15. The van der Waals surface area contributed by atoms with E-state index in [9.17, 15) is 0 Å². The first-order valence-electron chi connectivity index (χ1n) is 5.96. The van der Waals surface area contributed by atoms with Crippen molar-refractivity contribution in [1.82, 2.24) is 9.97 Å². The summed E-state index contributed by atoms with van der Waals surface area (Å²) in [5.74, 6) is 0.648. The Kier molecular flexibility index (Phi) is 4.44. The standard InChI is InChI=1S/C13H16N4S2/c1-9(8-10-4-3-7-19-10)17(2)13-15-6-5-11(16-13)12(14)18/h3-7,9H,8H2,1-2H3,(H2,14,18). The van der Waals surface area contributed by atoms with Crippen LogP contribution in [0, 0.1) is 0 Å². The van der Waals surface area contributed by atoms with Crippen LogP contribution in [-0.4, -0.2) is 28.0 Å². The van der Waals surface area contributed by atoms with Gasteiger partial charge in [-0.15, -0.1) is 11.3 Å². The monoisotopic (exact) mass is 292 g/mol. The van der Waals surface area contributed by atoms with Crippen molar-refractivity contribution < 1.29 is 0 Å². The predicted octanol–water partition coefficient (Wildman–Crippen LogP) is 2.24. The molecule has 0 aliphatic carbocycles. The van der Waals surface area contributed by atoms with Gasteiger partial charge in [-0.05, 0) is 24.4 Å². The summed E-state index contributed by atoms with van der Waals surface area (Å²) in [5.41, 5.74) is 6.20. The van der Waals surface area contributed by atoms with Crippen LogP contribution in [0.15, 0.2) is 29.8 Å². The van der Waals surface area contributed by atoms with Gasteiger partial charge in [0.1, 0.15) is 10.7 Å². The Morgan fingerprint density at radius 2 is 2.32 bits per heavy atom. The molecule has 100 valence electrons. The minimum absolute atomic E-state index is 0.294. The molecule has 0 fully saturated rings. The summed E-state index contributed by atoms with van der Waals surface area (Å²) in [6, 6.07) is 6.24. The predicted molar refractivity (Wildman–Crippen MR) is 83.8 cm³/mol. The van der Waals surface area contributed by atoms with Crippen LogP contribution in [0.3, 0.4) is 0 Å². The van der Waals surface area contributed by atoms with E-state index in [0.717, 1.165) is 6.42 Å². The Balaban J connectivity index is 2.12. The van der Waals surface area contributed by atoms with Gasteiger partial charge in [0.25, 0.3) is 0 Å². The largest absolute Gasteiger partial charge is 0.388 e. The topological polar surface area (TPSA) is 55.0 Å². The molecule has 0 spiro atoms. The zero-order chi connectivity index (χ0) is 13.8. The van der Waals surface area contributed by atoms with Crippen molar-refractivity contribution in [3.8, 4) is 0 Å². The maximum absolute atomic E-state index is 5.59. The van der Waals surface area contributed by atoms with Crippen LogP contribution in [0.25, 0.3) is 0 Å². The number of aromatic nitrogens is 2. The highest BCUT2D eigenvalue weighted by atomic mass is 32.1. The fraction of sp³-hybridized carbons (Fsp3) is 0.308. The molecule has 0 radical (unpaired) electrons. The van der Waals surface area contributed by atoms with Gasteiger partial charge in [-0.2, -0.15) is 0 Å². The Morgan fingerprint density at radius 1 is 1.53 bits per heavy atom. The van der Waals surface area contributed by atoms with Gasteiger partial charge in [-0.3, -0.25) is 0 Å². The molecule has 0 bridgehead atoms. The normalized spacial score (nSPS) is 12.1. The molecular weight excluding hydrogens is 276 g/mol. The molecule has 2 N–H and O–H groups in total. The molecule has 4 nitrogen and oxygen atoms in total. The lowest BCUT2D eigenvalue weighted by Gasteiger charge is -2.24. The average Bonchev–Trinajstić information content (AvgIpc) is 2.90. The molecule has 0 saturated heterocycles. The van der Waals surface area contributed by atoms with Crippen molar-refractivity contribution in [3.05, 3.63) is 40.3 Å². The van der Waals surface area contributed by atoms with Crippen LogP contribution >= 0.6 is 23.6 Å². The molecular formula is C13H16N4S2. The van der Waals surface area contributed by atoms with Crippen LogP contribution in [-0.2, 0) is 6.42 Å². The molecule has 2 aromatic rings. The van der Waals surface area contributed by atoms with Crippen LogP contribution in [0.1, 0.15) is 17.5 Å². The molecule has 0 amide bonds. The van der Waals surface area contributed by atoms with Gasteiger partial charge in [0.15, 0.2) is 0 Å². The van der Waals surface area contributed by atoms with Crippen molar-refractivity contribution in [2.45, 2.75) is 19.4 Å². The van der Waals surface area contributed by atoms with Gasteiger partial charge in [0.2, 0.25) is 5.95 Å². The number of thiophene rings is 1. The number of rotatable bonds is 5. The van der Waals surface area contributed by atoms with Crippen LogP contribution in [0.4, 0.5) is 5.95 Å². The molecule has 2 aromatic heterocycles. The van der Waals surface area contributed by atoms with E-state index >= 15 is 0 Å². The maximum Gasteiger partial charge on any atom is 0.225 e. The van der Waals surface area contributed by atoms with Crippen LogP contribution in [0.5, 0.6) is 0 Å². The number of hydrogen-bond donors (Lipinski definition) is 1. The summed E-state index contributed by atoms with van der Waals surface area (Å²) in [5, 5.41) is 2.09. The smallest absolute Gasteiger partial charge is 0.225 e. The van der Waals surface area contributed by atoms with E-state index in [1.165, 1.54) is 4.88 Å². The van der Waals surface area contributed by atoms with E-state index in [1.54, 1.807) is 23.6 Å². The third-order valence-corrected chi connectivity index (χ3v) is 4.06. The molecule has 2 heterocycles. The quantitative estimate of drug-likeness (QED) is 0.857. The molecule has 0 saturated carbocycles. The second kappa shape index (κ2) is 6.08. The minimum atomic E-state index is 0.294. The highest BCUT2D eigenvalue weighted by Gasteiger charge is 2.14. The van der Waals surface area contributed by atoms with E-state index < -0.39 is 0 Å². The molecule has 6 heteroatoms. The van der Waals surface area contributed by atoms with Crippen molar-refractivity contribution in [2.75, 3.05) is 11.9 Å². The van der Waals surface area contributed by atoms with E-state index in [-0.39, 0.29) is 0 Å². The first-order valence-corrected chi connectivity index (χ1v) is 7.25. The zero-order valence-corrected chi connectivity index (χ0v) is 12.5. The molecule has 1 atom stereocenters. The van der Waals surface area contributed by atoms with Crippen molar-refractivity contribution in [2.24, 2.45) is 5.73 Å². The number of hydrogen-bond acceptors (Lipinski definition) is 5. The summed E-state index contributed by atoms with van der Waals surface area (Å²) in [7, 11) is 1.98. The Bertz CT molecular complexity index is 554. The second-order valence-corrected chi connectivity index (χ2v) is 5.82. The zero-order valence-electron chi connectivity index (χ0n) is 10.9. The SMILES string of the molecule is CC(Cc1cccs1)N(C)c1nccc(C(N)=S)n1. The van der Waals surface area contributed by atoms with E-state index in [4.69, 9.17) is 18.0 Å². The average molecular weight is 292 g/mol. The fourth-order valence-corrected chi connectivity index (χ4v) is 2.65. The summed E-state index contributed by atoms with van der Waals surface area (Å²) >= 11 is 6.70. The summed E-state index contributed by atoms with van der Waals surface area (Å²) < 4.78 is 0. The Labute approximate surface area is 122 Å².